The second-order valence-electron chi connectivity index (χ2n) is 3.69. The van der Waals surface area contributed by atoms with Crippen LogP contribution < -0.4 is 5.32 Å². The summed E-state index contributed by atoms with van der Waals surface area (Å²) < 4.78 is 5.67. The molecule has 4 heteroatoms. The van der Waals surface area contributed by atoms with Gasteiger partial charge in [-0.05, 0) is 31.5 Å². The lowest BCUT2D eigenvalue weighted by Gasteiger charge is -2.23. The van der Waals surface area contributed by atoms with Crippen LogP contribution in [0.5, 0.6) is 0 Å². The minimum absolute atomic E-state index is 0.00787. The zero-order valence-corrected chi connectivity index (χ0v) is 9.52. The summed E-state index contributed by atoms with van der Waals surface area (Å²) in [4.78, 5) is 8.56. The van der Waals surface area contributed by atoms with Crippen molar-refractivity contribution in [3.8, 4) is 0 Å². The summed E-state index contributed by atoms with van der Waals surface area (Å²) in [5.74, 6) is 1.73. The quantitative estimate of drug-likeness (QED) is 0.839. The fraction of sp³-hybridized carbons (Fsp3) is 0.500. The maximum atomic E-state index is 5.67. The average molecular weight is 219 g/mol. The van der Waals surface area contributed by atoms with Crippen molar-refractivity contribution >= 4 is 0 Å². The molecule has 1 aliphatic rings. The van der Waals surface area contributed by atoms with E-state index in [1.165, 1.54) is 0 Å². The Hall–Kier alpha value is -1.42. The molecule has 1 N–H and O–H groups in total. The van der Waals surface area contributed by atoms with Gasteiger partial charge in [0.2, 0.25) is 0 Å². The van der Waals surface area contributed by atoms with E-state index in [0.717, 1.165) is 37.6 Å². The SMILES string of the molecule is CCNC(C1=CCCCO1)c1ncccn1. The minimum Gasteiger partial charge on any atom is -0.496 e. The molecule has 0 bridgehead atoms. The molecule has 1 unspecified atom stereocenters. The van der Waals surface area contributed by atoms with Gasteiger partial charge in [-0.15, -0.1) is 0 Å². The van der Waals surface area contributed by atoms with Gasteiger partial charge in [0.05, 0.1) is 6.61 Å². The van der Waals surface area contributed by atoms with E-state index in [4.69, 9.17) is 4.74 Å². The minimum atomic E-state index is -0.00787. The molecule has 0 spiro atoms. The summed E-state index contributed by atoms with van der Waals surface area (Å²) in [5.41, 5.74) is 0. The van der Waals surface area contributed by atoms with E-state index in [2.05, 4.69) is 28.3 Å². The molecule has 1 atom stereocenters. The van der Waals surface area contributed by atoms with E-state index in [1.54, 1.807) is 12.4 Å². The second kappa shape index (κ2) is 5.61. The first kappa shape index (κ1) is 11.1. The Morgan fingerprint density at radius 2 is 2.25 bits per heavy atom. The lowest BCUT2D eigenvalue weighted by atomic mass is 10.1. The van der Waals surface area contributed by atoms with Crippen LogP contribution in [0, 0.1) is 0 Å². The van der Waals surface area contributed by atoms with Crippen molar-refractivity contribution in [3.05, 3.63) is 36.1 Å². The third kappa shape index (κ3) is 2.58. The van der Waals surface area contributed by atoms with Crippen LogP contribution in [-0.4, -0.2) is 23.1 Å². The number of hydrogen-bond acceptors (Lipinski definition) is 4. The van der Waals surface area contributed by atoms with Crippen LogP contribution in [-0.2, 0) is 4.74 Å². The van der Waals surface area contributed by atoms with E-state index in [0.29, 0.717) is 0 Å². The predicted molar refractivity (Wildman–Crippen MR) is 61.7 cm³/mol. The number of aromatic nitrogens is 2. The first-order valence-electron chi connectivity index (χ1n) is 5.75. The third-order valence-electron chi connectivity index (χ3n) is 2.50. The Balaban J connectivity index is 2.19. The van der Waals surface area contributed by atoms with Crippen molar-refractivity contribution in [3.63, 3.8) is 0 Å². The summed E-state index contributed by atoms with van der Waals surface area (Å²) in [6, 6.07) is 1.81. The van der Waals surface area contributed by atoms with Gasteiger partial charge in [0.1, 0.15) is 11.8 Å². The first-order valence-corrected chi connectivity index (χ1v) is 5.75. The van der Waals surface area contributed by atoms with Gasteiger partial charge < -0.3 is 10.1 Å². The molecule has 86 valence electrons. The molecule has 0 aliphatic carbocycles. The van der Waals surface area contributed by atoms with Crippen LogP contribution in [0.3, 0.4) is 0 Å². The highest BCUT2D eigenvalue weighted by molar-refractivity contribution is 5.13. The molecule has 0 radical (unpaired) electrons. The monoisotopic (exact) mass is 219 g/mol. The van der Waals surface area contributed by atoms with E-state index < -0.39 is 0 Å². The molecular weight excluding hydrogens is 202 g/mol. The van der Waals surface area contributed by atoms with Crippen molar-refractivity contribution in [1.29, 1.82) is 0 Å². The molecule has 1 aromatic heterocycles. The first-order chi connectivity index (χ1) is 7.92. The van der Waals surface area contributed by atoms with Gasteiger partial charge in [-0.25, -0.2) is 9.97 Å². The highest BCUT2D eigenvalue weighted by Crippen LogP contribution is 2.23. The Morgan fingerprint density at radius 3 is 2.88 bits per heavy atom. The van der Waals surface area contributed by atoms with Crippen LogP contribution in [0.15, 0.2) is 30.3 Å². The largest absolute Gasteiger partial charge is 0.496 e. The van der Waals surface area contributed by atoms with Gasteiger partial charge in [0.15, 0.2) is 5.82 Å². The number of ether oxygens (including phenoxy) is 1. The maximum Gasteiger partial charge on any atom is 0.152 e. The molecule has 2 rings (SSSR count). The van der Waals surface area contributed by atoms with Gasteiger partial charge in [-0.2, -0.15) is 0 Å². The van der Waals surface area contributed by atoms with Gasteiger partial charge >= 0.3 is 0 Å². The van der Waals surface area contributed by atoms with Gasteiger partial charge in [0, 0.05) is 12.4 Å². The molecule has 0 aromatic carbocycles. The topological polar surface area (TPSA) is 47.0 Å². The Kier molecular flexibility index (Phi) is 3.88. The summed E-state index contributed by atoms with van der Waals surface area (Å²) in [7, 11) is 0. The summed E-state index contributed by atoms with van der Waals surface area (Å²) in [6.07, 6.45) is 7.82. The Bertz CT molecular complexity index is 351. The highest BCUT2D eigenvalue weighted by Gasteiger charge is 2.20. The second-order valence-corrected chi connectivity index (χ2v) is 3.69. The van der Waals surface area contributed by atoms with E-state index in [-0.39, 0.29) is 6.04 Å². The zero-order chi connectivity index (χ0) is 11.2. The van der Waals surface area contributed by atoms with Crippen molar-refractivity contribution in [2.24, 2.45) is 0 Å². The molecule has 16 heavy (non-hydrogen) atoms. The lowest BCUT2D eigenvalue weighted by Crippen LogP contribution is -2.26. The van der Waals surface area contributed by atoms with Crippen molar-refractivity contribution in [2.45, 2.75) is 25.8 Å². The molecule has 1 aliphatic heterocycles. The van der Waals surface area contributed by atoms with Crippen LogP contribution in [0.25, 0.3) is 0 Å². The fourth-order valence-corrected chi connectivity index (χ4v) is 1.76. The number of nitrogens with one attached hydrogen (secondary N) is 1. The summed E-state index contributed by atoms with van der Waals surface area (Å²) in [6.45, 7) is 3.73. The van der Waals surface area contributed by atoms with Crippen molar-refractivity contribution in [2.75, 3.05) is 13.2 Å². The van der Waals surface area contributed by atoms with Crippen LogP contribution in [0.4, 0.5) is 0 Å². The van der Waals surface area contributed by atoms with Gasteiger partial charge in [0.25, 0.3) is 0 Å². The standard InChI is InChI=1S/C12H17N3O/c1-2-13-11(10-6-3-4-9-16-10)12-14-7-5-8-15-12/h5-8,11,13H,2-4,9H2,1H3. The number of hydrogen-bond donors (Lipinski definition) is 1. The Morgan fingerprint density at radius 1 is 1.44 bits per heavy atom. The number of allylic oxidation sites excluding steroid dienone is 1. The predicted octanol–water partition coefficient (Wildman–Crippen LogP) is 1.82. The van der Waals surface area contributed by atoms with Crippen LogP contribution in [0.1, 0.15) is 31.6 Å². The summed E-state index contributed by atoms with van der Waals surface area (Å²) in [5, 5.41) is 3.35. The Labute approximate surface area is 95.8 Å². The normalized spacial score (nSPS) is 17.4. The number of likely N-dealkylation sites (N-methyl/N-ethyl adjacent to an activating group) is 1. The molecule has 0 saturated heterocycles. The van der Waals surface area contributed by atoms with Gasteiger partial charge in [-0.3, -0.25) is 0 Å². The molecular formula is C12H17N3O. The molecule has 1 aromatic rings. The van der Waals surface area contributed by atoms with Crippen molar-refractivity contribution in [1.82, 2.24) is 15.3 Å². The smallest absolute Gasteiger partial charge is 0.152 e. The molecule has 4 nitrogen and oxygen atoms in total. The molecule has 0 fully saturated rings. The van der Waals surface area contributed by atoms with Crippen molar-refractivity contribution < 1.29 is 4.74 Å². The molecule has 2 heterocycles. The van der Waals surface area contributed by atoms with Crippen LogP contribution >= 0.6 is 0 Å². The number of rotatable bonds is 4. The third-order valence-corrected chi connectivity index (χ3v) is 2.50. The fourth-order valence-electron chi connectivity index (χ4n) is 1.76. The maximum absolute atomic E-state index is 5.67. The van der Waals surface area contributed by atoms with E-state index in [9.17, 15) is 0 Å². The highest BCUT2D eigenvalue weighted by atomic mass is 16.5. The zero-order valence-electron chi connectivity index (χ0n) is 9.52. The van der Waals surface area contributed by atoms with E-state index in [1.807, 2.05) is 6.07 Å². The molecule has 0 saturated carbocycles. The van der Waals surface area contributed by atoms with E-state index >= 15 is 0 Å². The average Bonchev–Trinajstić information content (AvgIpc) is 2.38. The lowest BCUT2D eigenvalue weighted by molar-refractivity contribution is 0.166. The molecule has 0 amide bonds. The summed E-state index contributed by atoms with van der Waals surface area (Å²) >= 11 is 0. The van der Waals surface area contributed by atoms with Crippen LogP contribution in [0.2, 0.25) is 0 Å². The number of nitrogens with zero attached hydrogens (tertiary/aromatic N) is 2. The van der Waals surface area contributed by atoms with Gasteiger partial charge in [-0.1, -0.05) is 6.92 Å².